The summed E-state index contributed by atoms with van der Waals surface area (Å²) in [6.07, 6.45) is 1.40. The van der Waals surface area contributed by atoms with Gasteiger partial charge in [0.25, 0.3) is 0 Å². The molecule has 0 saturated heterocycles. The standard InChI is InChI=1S/C19H23BrN2O2/c1-22(13-7-15-24-16-8-3-2-4-9-16)14-12-19(23)21-18-11-6-5-10-17(18)20/h2-6,8-11H,7,12-15H2,1H3,(H,21,23). The number of halogens is 1. The number of rotatable bonds is 9. The summed E-state index contributed by atoms with van der Waals surface area (Å²) in [5.41, 5.74) is 0.807. The molecule has 4 nitrogen and oxygen atoms in total. The lowest BCUT2D eigenvalue weighted by molar-refractivity contribution is -0.116. The molecule has 0 aliphatic heterocycles. The maximum Gasteiger partial charge on any atom is 0.225 e. The molecular formula is C19H23BrN2O2. The van der Waals surface area contributed by atoms with Gasteiger partial charge >= 0.3 is 0 Å². The van der Waals surface area contributed by atoms with Crippen molar-refractivity contribution in [3.8, 4) is 5.75 Å². The van der Waals surface area contributed by atoms with Crippen LogP contribution in [0.3, 0.4) is 0 Å². The first kappa shape index (κ1) is 18.5. The number of para-hydroxylation sites is 2. The van der Waals surface area contributed by atoms with Gasteiger partial charge in [-0.1, -0.05) is 30.3 Å². The van der Waals surface area contributed by atoms with Crippen LogP contribution in [0.5, 0.6) is 5.75 Å². The van der Waals surface area contributed by atoms with Crippen molar-refractivity contribution in [2.45, 2.75) is 12.8 Å². The molecule has 24 heavy (non-hydrogen) atoms. The first-order chi connectivity index (χ1) is 11.6. The summed E-state index contributed by atoms with van der Waals surface area (Å²) in [5.74, 6) is 0.919. The van der Waals surface area contributed by atoms with Crippen molar-refractivity contribution < 1.29 is 9.53 Å². The Balaban J connectivity index is 1.60. The number of nitrogens with zero attached hydrogens (tertiary/aromatic N) is 1. The molecule has 0 heterocycles. The second-order valence-electron chi connectivity index (χ2n) is 5.60. The quantitative estimate of drug-likeness (QED) is 0.652. The van der Waals surface area contributed by atoms with Crippen LogP contribution >= 0.6 is 15.9 Å². The average molecular weight is 391 g/mol. The second kappa shape index (κ2) is 10.1. The van der Waals surface area contributed by atoms with Gasteiger partial charge in [0, 0.05) is 24.0 Å². The fourth-order valence-electron chi connectivity index (χ4n) is 2.22. The Hall–Kier alpha value is -1.85. The van der Waals surface area contributed by atoms with Gasteiger partial charge in [-0.05, 0) is 53.7 Å². The van der Waals surface area contributed by atoms with Crippen molar-refractivity contribution in [3.05, 3.63) is 59.1 Å². The minimum Gasteiger partial charge on any atom is -0.494 e. The van der Waals surface area contributed by atoms with E-state index < -0.39 is 0 Å². The van der Waals surface area contributed by atoms with Crippen LogP contribution in [-0.4, -0.2) is 37.6 Å². The van der Waals surface area contributed by atoms with Gasteiger partial charge < -0.3 is 15.0 Å². The lowest BCUT2D eigenvalue weighted by Gasteiger charge is -2.16. The molecule has 0 spiro atoms. The first-order valence-electron chi connectivity index (χ1n) is 8.06. The molecule has 0 aliphatic rings. The van der Waals surface area contributed by atoms with Gasteiger partial charge in [0.05, 0.1) is 12.3 Å². The molecule has 0 unspecified atom stereocenters. The van der Waals surface area contributed by atoms with Crippen molar-refractivity contribution in [2.75, 3.05) is 32.1 Å². The summed E-state index contributed by atoms with van der Waals surface area (Å²) in [6, 6.07) is 17.4. The minimum absolute atomic E-state index is 0.0225. The molecule has 0 aromatic heterocycles. The zero-order valence-electron chi connectivity index (χ0n) is 13.9. The van der Waals surface area contributed by atoms with Gasteiger partial charge in [-0.2, -0.15) is 0 Å². The molecule has 0 saturated carbocycles. The molecule has 1 amide bonds. The van der Waals surface area contributed by atoms with Gasteiger partial charge in [0.15, 0.2) is 0 Å². The van der Waals surface area contributed by atoms with Gasteiger partial charge in [-0.15, -0.1) is 0 Å². The molecule has 0 bridgehead atoms. The van der Waals surface area contributed by atoms with E-state index in [1.165, 1.54) is 0 Å². The Kier molecular flexibility index (Phi) is 7.79. The Bertz CT molecular complexity index is 634. The zero-order valence-corrected chi connectivity index (χ0v) is 15.5. The second-order valence-corrected chi connectivity index (χ2v) is 6.45. The predicted octanol–water partition coefficient (Wildman–Crippen LogP) is 4.18. The summed E-state index contributed by atoms with van der Waals surface area (Å²) < 4.78 is 6.56. The van der Waals surface area contributed by atoms with Crippen LogP contribution < -0.4 is 10.1 Å². The third kappa shape index (κ3) is 6.72. The number of nitrogens with one attached hydrogen (secondary N) is 1. The molecule has 0 atom stereocenters. The Morgan fingerprint density at radius 1 is 1.08 bits per heavy atom. The molecule has 0 fully saturated rings. The molecule has 2 rings (SSSR count). The molecular weight excluding hydrogens is 368 g/mol. The van der Waals surface area contributed by atoms with E-state index >= 15 is 0 Å². The first-order valence-corrected chi connectivity index (χ1v) is 8.85. The van der Waals surface area contributed by atoms with E-state index in [4.69, 9.17) is 4.74 Å². The number of ether oxygens (including phenoxy) is 1. The highest BCUT2D eigenvalue weighted by Gasteiger charge is 2.07. The van der Waals surface area contributed by atoms with Gasteiger partial charge in [-0.25, -0.2) is 0 Å². The molecule has 0 aliphatic carbocycles. The molecule has 2 aromatic carbocycles. The summed E-state index contributed by atoms with van der Waals surface area (Å²) in [7, 11) is 2.02. The van der Waals surface area contributed by atoms with Crippen LogP contribution in [0, 0.1) is 0 Å². The monoisotopic (exact) mass is 390 g/mol. The van der Waals surface area contributed by atoms with E-state index in [0.717, 1.165) is 35.4 Å². The molecule has 128 valence electrons. The molecule has 1 N–H and O–H groups in total. The topological polar surface area (TPSA) is 41.6 Å². The van der Waals surface area contributed by atoms with E-state index in [0.29, 0.717) is 13.0 Å². The third-order valence-electron chi connectivity index (χ3n) is 3.56. The van der Waals surface area contributed by atoms with Crippen molar-refractivity contribution >= 4 is 27.5 Å². The van der Waals surface area contributed by atoms with Crippen LogP contribution in [-0.2, 0) is 4.79 Å². The average Bonchev–Trinajstić information content (AvgIpc) is 2.60. The Labute approximate surface area is 151 Å². The molecule has 0 radical (unpaired) electrons. The van der Waals surface area contributed by atoms with E-state index in [1.54, 1.807) is 0 Å². The predicted molar refractivity (Wildman–Crippen MR) is 101 cm³/mol. The van der Waals surface area contributed by atoms with E-state index in [9.17, 15) is 4.79 Å². The maximum atomic E-state index is 12.0. The van der Waals surface area contributed by atoms with Gasteiger partial charge in [0.1, 0.15) is 5.75 Å². The summed E-state index contributed by atoms with van der Waals surface area (Å²) in [6.45, 7) is 2.30. The van der Waals surface area contributed by atoms with Gasteiger partial charge in [-0.3, -0.25) is 4.79 Å². The van der Waals surface area contributed by atoms with Crippen molar-refractivity contribution in [1.29, 1.82) is 0 Å². The maximum absolute atomic E-state index is 12.0. The largest absolute Gasteiger partial charge is 0.494 e. The van der Waals surface area contributed by atoms with E-state index in [2.05, 4.69) is 26.1 Å². The number of anilines is 1. The number of hydrogen-bond acceptors (Lipinski definition) is 3. The van der Waals surface area contributed by atoms with Crippen molar-refractivity contribution in [3.63, 3.8) is 0 Å². The van der Waals surface area contributed by atoms with Crippen molar-refractivity contribution in [2.24, 2.45) is 0 Å². The Morgan fingerprint density at radius 3 is 2.54 bits per heavy atom. The summed E-state index contributed by atoms with van der Waals surface area (Å²) in [5, 5.41) is 2.92. The summed E-state index contributed by atoms with van der Waals surface area (Å²) in [4.78, 5) is 14.1. The van der Waals surface area contributed by atoms with Crippen LogP contribution in [0.1, 0.15) is 12.8 Å². The van der Waals surface area contributed by atoms with Crippen molar-refractivity contribution in [1.82, 2.24) is 4.90 Å². The van der Waals surface area contributed by atoms with E-state index in [-0.39, 0.29) is 5.91 Å². The SMILES string of the molecule is CN(CCCOc1ccccc1)CCC(=O)Nc1ccccc1Br. The highest BCUT2D eigenvalue weighted by Crippen LogP contribution is 2.21. The smallest absolute Gasteiger partial charge is 0.225 e. The molecule has 2 aromatic rings. The van der Waals surface area contributed by atoms with Crippen LogP contribution in [0.25, 0.3) is 0 Å². The number of amides is 1. The highest BCUT2D eigenvalue weighted by molar-refractivity contribution is 9.10. The molecule has 5 heteroatoms. The van der Waals surface area contributed by atoms with Crippen LogP contribution in [0.2, 0.25) is 0 Å². The number of carbonyl (C=O) groups is 1. The van der Waals surface area contributed by atoms with E-state index in [1.807, 2.05) is 61.6 Å². The lowest BCUT2D eigenvalue weighted by Crippen LogP contribution is -2.26. The number of benzene rings is 2. The van der Waals surface area contributed by atoms with Crippen LogP contribution in [0.15, 0.2) is 59.1 Å². The highest BCUT2D eigenvalue weighted by atomic mass is 79.9. The van der Waals surface area contributed by atoms with Crippen LogP contribution in [0.4, 0.5) is 5.69 Å². The lowest BCUT2D eigenvalue weighted by atomic mass is 10.3. The normalized spacial score (nSPS) is 10.6. The fraction of sp³-hybridized carbons (Fsp3) is 0.316. The number of carbonyl (C=O) groups excluding carboxylic acids is 1. The number of hydrogen-bond donors (Lipinski definition) is 1. The zero-order chi connectivity index (χ0) is 17.2. The summed E-state index contributed by atoms with van der Waals surface area (Å²) >= 11 is 3.43. The van der Waals surface area contributed by atoms with Gasteiger partial charge in [0.2, 0.25) is 5.91 Å². The Morgan fingerprint density at radius 2 is 1.79 bits per heavy atom. The third-order valence-corrected chi connectivity index (χ3v) is 4.26. The fourth-order valence-corrected chi connectivity index (χ4v) is 2.60. The minimum atomic E-state index is 0.0225.